The Balaban J connectivity index is 1.53. The summed E-state index contributed by atoms with van der Waals surface area (Å²) >= 11 is 0. The molecule has 41 heavy (non-hydrogen) atoms. The van der Waals surface area contributed by atoms with Gasteiger partial charge in [0.05, 0.1) is 29.4 Å². The van der Waals surface area contributed by atoms with Crippen LogP contribution in [0, 0.1) is 19.8 Å². The monoisotopic (exact) mass is 541 g/mol. The van der Waals surface area contributed by atoms with Gasteiger partial charge in [-0.1, -0.05) is 65.7 Å². The van der Waals surface area contributed by atoms with Crippen molar-refractivity contribution in [1.29, 1.82) is 0 Å². The van der Waals surface area contributed by atoms with Crippen LogP contribution >= 0.6 is 0 Å². The fourth-order valence-electron chi connectivity index (χ4n) is 5.57. The number of rotatable bonds is 5. The van der Waals surface area contributed by atoms with Crippen LogP contribution in [0.15, 0.2) is 103 Å². The van der Waals surface area contributed by atoms with Crippen molar-refractivity contribution in [3.63, 3.8) is 0 Å². The molecule has 3 aromatic carbocycles. The minimum atomic E-state index is -0.946. The summed E-state index contributed by atoms with van der Waals surface area (Å²) in [6.45, 7) is 3.86. The van der Waals surface area contributed by atoms with Crippen LogP contribution in [0.5, 0.6) is 0 Å². The van der Waals surface area contributed by atoms with Crippen molar-refractivity contribution in [2.45, 2.75) is 26.7 Å². The summed E-state index contributed by atoms with van der Waals surface area (Å²) < 4.78 is 0. The second-order valence-corrected chi connectivity index (χ2v) is 10.4. The first-order valence-electron chi connectivity index (χ1n) is 13.4. The van der Waals surface area contributed by atoms with Crippen LogP contribution in [0.3, 0.4) is 0 Å². The van der Waals surface area contributed by atoms with Gasteiger partial charge < -0.3 is 0 Å². The van der Waals surface area contributed by atoms with E-state index >= 15 is 0 Å². The Bertz CT molecular complexity index is 1720. The molecule has 0 radical (unpaired) electrons. The summed E-state index contributed by atoms with van der Waals surface area (Å²) in [7, 11) is 0. The highest BCUT2D eigenvalue weighted by Crippen LogP contribution is 2.43. The molecule has 1 aromatic heterocycles. The van der Waals surface area contributed by atoms with Crippen molar-refractivity contribution < 1.29 is 19.2 Å². The summed E-state index contributed by atoms with van der Waals surface area (Å²) in [5.41, 5.74) is 5.52. The van der Waals surface area contributed by atoms with E-state index in [4.69, 9.17) is 0 Å². The highest BCUT2D eigenvalue weighted by Gasteiger charge is 2.46. The van der Waals surface area contributed by atoms with Crippen molar-refractivity contribution in [1.82, 2.24) is 4.98 Å². The zero-order chi connectivity index (χ0) is 28.7. The molecule has 6 rings (SSSR count). The van der Waals surface area contributed by atoms with E-state index in [0.717, 1.165) is 16.0 Å². The maximum absolute atomic E-state index is 14.0. The summed E-state index contributed by atoms with van der Waals surface area (Å²) in [6, 6.07) is 27.2. The van der Waals surface area contributed by atoms with Crippen LogP contribution in [0.4, 0.5) is 11.4 Å². The zero-order valence-electron chi connectivity index (χ0n) is 22.7. The molecular formula is C34H27N3O4. The van der Waals surface area contributed by atoms with Crippen LogP contribution in [0.25, 0.3) is 16.8 Å². The number of carbonyl (C=O) groups excluding carboxylic acids is 4. The maximum atomic E-state index is 14.0. The molecule has 1 unspecified atom stereocenters. The zero-order valence-corrected chi connectivity index (χ0v) is 22.7. The number of carbonyl (C=O) groups is 4. The number of aryl methyl sites for hydroxylation is 2. The fraction of sp³-hybridized carbons (Fsp3) is 0.147. The van der Waals surface area contributed by atoms with Crippen LogP contribution in [0.2, 0.25) is 0 Å². The molecule has 0 spiro atoms. The summed E-state index contributed by atoms with van der Waals surface area (Å²) in [6.07, 6.45) is 1.38. The molecule has 4 aromatic rings. The lowest BCUT2D eigenvalue weighted by molar-refractivity contribution is -0.122. The molecule has 2 fully saturated rings. The van der Waals surface area contributed by atoms with Gasteiger partial charge in [-0.3, -0.25) is 29.1 Å². The average molecular weight is 542 g/mol. The topological polar surface area (TPSA) is 87.7 Å². The number of imide groups is 2. The number of benzene rings is 3. The molecule has 2 aliphatic rings. The predicted octanol–water partition coefficient (Wildman–Crippen LogP) is 5.66. The number of anilines is 2. The molecule has 3 heterocycles. The largest absolute Gasteiger partial charge is 0.274 e. The molecule has 7 heteroatoms. The minimum Gasteiger partial charge on any atom is -0.274 e. The van der Waals surface area contributed by atoms with E-state index < -0.39 is 17.7 Å². The molecule has 202 valence electrons. The van der Waals surface area contributed by atoms with Gasteiger partial charge in [-0.2, -0.15) is 0 Å². The lowest BCUT2D eigenvalue weighted by Crippen LogP contribution is -2.31. The Morgan fingerprint density at radius 2 is 1.32 bits per heavy atom. The van der Waals surface area contributed by atoms with E-state index in [1.807, 2.05) is 80.6 Å². The van der Waals surface area contributed by atoms with Gasteiger partial charge in [-0.25, -0.2) is 4.90 Å². The Morgan fingerprint density at radius 1 is 0.707 bits per heavy atom. The maximum Gasteiger partial charge on any atom is 0.261 e. The lowest BCUT2D eigenvalue weighted by Gasteiger charge is -2.21. The fourth-order valence-corrected chi connectivity index (χ4v) is 5.57. The quantitative estimate of drug-likeness (QED) is 0.240. The van der Waals surface area contributed by atoms with Gasteiger partial charge in [0, 0.05) is 23.8 Å². The molecule has 2 saturated heterocycles. The van der Waals surface area contributed by atoms with Crippen molar-refractivity contribution in [3.8, 4) is 11.3 Å². The smallest absolute Gasteiger partial charge is 0.261 e. The van der Waals surface area contributed by atoms with E-state index in [-0.39, 0.29) is 30.2 Å². The Labute approximate surface area is 237 Å². The number of nitrogens with zero attached hydrogens (tertiary/aromatic N) is 3. The third-order valence-corrected chi connectivity index (χ3v) is 7.60. The number of amides is 4. The second kappa shape index (κ2) is 10.4. The Kier molecular flexibility index (Phi) is 6.63. The van der Waals surface area contributed by atoms with Gasteiger partial charge in [-0.05, 0) is 61.4 Å². The standard InChI is InChI=1S/C34H27N3O4/c1-21-10-14-23(15-11-21)36-30(38)19-27(33(36)40)32(26-8-4-3-7-25(26)29-9-5-6-18-35-29)28-20-31(39)37(34(28)41)24-16-12-22(2)13-17-24/h3-18,27H,19-20H2,1-2H3/b32-28-. The van der Waals surface area contributed by atoms with E-state index in [0.29, 0.717) is 33.8 Å². The van der Waals surface area contributed by atoms with Crippen molar-refractivity contribution >= 4 is 40.6 Å². The van der Waals surface area contributed by atoms with Gasteiger partial charge in [0.15, 0.2) is 0 Å². The molecule has 1 atom stereocenters. The van der Waals surface area contributed by atoms with Crippen LogP contribution in [-0.4, -0.2) is 28.6 Å². The summed E-state index contributed by atoms with van der Waals surface area (Å²) in [4.78, 5) is 61.6. The van der Waals surface area contributed by atoms with Crippen LogP contribution in [0.1, 0.15) is 29.5 Å². The summed E-state index contributed by atoms with van der Waals surface area (Å²) in [5, 5.41) is 0. The van der Waals surface area contributed by atoms with E-state index in [1.54, 1.807) is 30.5 Å². The van der Waals surface area contributed by atoms with E-state index in [1.165, 1.54) is 4.90 Å². The molecule has 0 saturated carbocycles. The van der Waals surface area contributed by atoms with Gasteiger partial charge >= 0.3 is 0 Å². The Morgan fingerprint density at radius 3 is 1.95 bits per heavy atom. The van der Waals surface area contributed by atoms with Crippen molar-refractivity contribution in [2.24, 2.45) is 5.92 Å². The van der Waals surface area contributed by atoms with Crippen molar-refractivity contribution in [3.05, 3.63) is 119 Å². The summed E-state index contributed by atoms with van der Waals surface area (Å²) in [5.74, 6) is -2.60. The van der Waals surface area contributed by atoms with Gasteiger partial charge in [0.2, 0.25) is 17.7 Å². The number of aromatic nitrogens is 1. The lowest BCUT2D eigenvalue weighted by atomic mass is 9.83. The van der Waals surface area contributed by atoms with Crippen LogP contribution in [-0.2, 0) is 19.2 Å². The first-order valence-corrected chi connectivity index (χ1v) is 13.4. The number of pyridine rings is 1. The number of hydrogen-bond donors (Lipinski definition) is 0. The highest BCUT2D eigenvalue weighted by molar-refractivity contribution is 6.32. The molecule has 0 aliphatic carbocycles. The number of hydrogen-bond acceptors (Lipinski definition) is 5. The van der Waals surface area contributed by atoms with E-state index in [9.17, 15) is 19.2 Å². The molecule has 2 aliphatic heterocycles. The minimum absolute atomic E-state index is 0.117. The molecule has 0 N–H and O–H groups in total. The van der Waals surface area contributed by atoms with Gasteiger partial charge in [0.1, 0.15) is 0 Å². The second-order valence-electron chi connectivity index (χ2n) is 10.4. The van der Waals surface area contributed by atoms with E-state index in [2.05, 4.69) is 4.98 Å². The van der Waals surface area contributed by atoms with Crippen LogP contribution < -0.4 is 9.80 Å². The third-order valence-electron chi connectivity index (χ3n) is 7.60. The third kappa shape index (κ3) is 4.65. The molecule has 4 amide bonds. The SMILES string of the molecule is Cc1ccc(N2C(=O)C/C(=C(\c3ccccc3-c3ccccn3)C3CC(=O)N(c4ccc(C)cc4)C3=O)C2=O)cc1. The predicted molar refractivity (Wildman–Crippen MR) is 157 cm³/mol. The average Bonchev–Trinajstić information content (AvgIpc) is 3.44. The molecular weight excluding hydrogens is 514 g/mol. The first kappa shape index (κ1) is 26.1. The molecule has 7 nitrogen and oxygen atoms in total. The molecule has 0 bridgehead atoms. The highest BCUT2D eigenvalue weighted by atomic mass is 16.2. The van der Waals surface area contributed by atoms with Gasteiger partial charge in [0.25, 0.3) is 5.91 Å². The van der Waals surface area contributed by atoms with Crippen molar-refractivity contribution in [2.75, 3.05) is 9.80 Å². The normalized spacial score (nSPS) is 18.4. The Hall–Kier alpha value is -5.17. The van der Waals surface area contributed by atoms with Gasteiger partial charge in [-0.15, -0.1) is 0 Å². The first-order chi connectivity index (χ1) is 19.8.